The van der Waals surface area contributed by atoms with E-state index >= 15 is 0 Å². The minimum atomic E-state index is -0.0729. The van der Waals surface area contributed by atoms with Crippen LogP contribution in [0.3, 0.4) is 0 Å². The number of ether oxygens (including phenoxy) is 3. The monoisotopic (exact) mass is 485 g/mol. The van der Waals surface area contributed by atoms with E-state index in [0.717, 1.165) is 16.8 Å². The lowest BCUT2D eigenvalue weighted by Gasteiger charge is -2.19. The molecule has 0 aliphatic rings. The number of aryl methyl sites for hydroxylation is 1. The summed E-state index contributed by atoms with van der Waals surface area (Å²) in [4.78, 5) is 2.02. The molecule has 0 fully saturated rings. The van der Waals surface area contributed by atoms with Crippen molar-refractivity contribution in [1.82, 2.24) is 0 Å². The zero-order chi connectivity index (χ0) is 25.8. The molecule has 0 heterocycles. The molecule has 0 amide bonds. The van der Waals surface area contributed by atoms with Crippen LogP contribution in [0.5, 0.6) is 28.7 Å². The van der Waals surface area contributed by atoms with Crippen molar-refractivity contribution in [1.29, 1.82) is 0 Å². The molecule has 6 heteroatoms. The van der Waals surface area contributed by atoms with E-state index in [1.165, 1.54) is 12.7 Å². The van der Waals surface area contributed by atoms with Gasteiger partial charge in [-0.05, 0) is 53.9 Å². The average Bonchev–Trinajstić information content (AvgIpc) is 2.88. The van der Waals surface area contributed by atoms with Crippen LogP contribution in [0.25, 0.3) is 22.3 Å². The van der Waals surface area contributed by atoms with Crippen LogP contribution in [0.1, 0.15) is 11.1 Å². The van der Waals surface area contributed by atoms with Crippen LogP contribution < -0.4 is 19.1 Å². The van der Waals surface area contributed by atoms with E-state index in [1.54, 1.807) is 25.3 Å². The Balaban J connectivity index is 1.69. The molecule has 0 spiro atoms. The second kappa shape index (κ2) is 10.5. The average molecular weight is 486 g/mol. The van der Waals surface area contributed by atoms with Gasteiger partial charge >= 0.3 is 0 Å². The molecule has 0 unspecified atom stereocenters. The van der Waals surface area contributed by atoms with Crippen molar-refractivity contribution in [2.75, 3.05) is 33.2 Å². The van der Waals surface area contributed by atoms with Crippen molar-refractivity contribution in [3.05, 3.63) is 83.9 Å². The molecule has 4 aromatic carbocycles. The molecule has 6 nitrogen and oxygen atoms in total. The molecule has 186 valence electrons. The van der Waals surface area contributed by atoms with Crippen molar-refractivity contribution < 1.29 is 24.4 Å². The van der Waals surface area contributed by atoms with Gasteiger partial charge in [0.1, 0.15) is 12.4 Å². The first-order valence-electron chi connectivity index (χ1n) is 11.6. The summed E-state index contributed by atoms with van der Waals surface area (Å²) in [7, 11) is 7.02. The summed E-state index contributed by atoms with van der Waals surface area (Å²) < 4.78 is 17.1. The molecule has 0 aliphatic heterocycles. The summed E-state index contributed by atoms with van der Waals surface area (Å²) in [5, 5.41) is 21.9. The maximum absolute atomic E-state index is 11.2. The van der Waals surface area contributed by atoms with Gasteiger partial charge in [-0.2, -0.15) is 0 Å². The van der Waals surface area contributed by atoms with Gasteiger partial charge in [-0.1, -0.05) is 48.0 Å². The zero-order valence-corrected chi connectivity index (χ0v) is 21.2. The molecular formula is C30H31NO5. The number of anilines is 1. The second-order valence-electron chi connectivity index (χ2n) is 8.78. The van der Waals surface area contributed by atoms with Crippen LogP contribution in [0.15, 0.2) is 72.8 Å². The molecule has 0 atom stereocenters. The van der Waals surface area contributed by atoms with Gasteiger partial charge in [0.15, 0.2) is 23.0 Å². The largest absolute Gasteiger partial charge is 0.504 e. The first-order valence-corrected chi connectivity index (χ1v) is 11.6. The number of nitrogens with zero attached hydrogens (tertiary/aromatic N) is 1. The normalized spacial score (nSPS) is 10.7. The smallest absolute Gasteiger partial charge is 0.170 e. The quantitative estimate of drug-likeness (QED) is 0.301. The van der Waals surface area contributed by atoms with Gasteiger partial charge in [0.2, 0.25) is 0 Å². The van der Waals surface area contributed by atoms with E-state index in [-0.39, 0.29) is 11.5 Å². The van der Waals surface area contributed by atoms with Crippen molar-refractivity contribution >= 4 is 5.69 Å². The Kier molecular flexibility index (Phi) is 7.25. The van der Waals surface area contributed by atoms with E-state index in [1.807, 2.05) is 80.5 Å². The Hall–Kier alpha value is -4.32. The highest BCUT2D eigenvalue weighted by Crippen LogP contribution is 2.50. The third kappa shape index (κ3) is 5.03. The molecule has 0 saturated carbocycles. The molecule has 0 aliphatic carbocycles. The van der Waals surface area contributed by atoms with Gasteiger partial charge in [0, 0.05) is 25.3 Å². The standard InChI is InChI=1S/C30H31NO5/c1-19-6-8-20(9-7-19)18-36-26-15-12-22(16-25(26)32)28-27(34-4)17-24(30(35-5)29(28)33)21-10-13-23(14-11-21)31(2)3/h6-17,32-33H,18H2,1-5H3. The SMILES string of the molecule is COc1cc(-c2ccc(N(C)C)cc2)c(OC)c(O)c1-c1ccc(OCc2ccc(C)cc2)c(O)c1. The molecule has 0 aromatic heterocycles. The molecule has 0 bridgehead atoms. The van der Waals surface area contributed by atoms with Crippen LogP contribution in [0.4, 0.5) is 5.69 Å². The highest BCUT2D eigenvalue weighted by molar-refractivity contribution is 5.88. The van der Waals surface area contributed by atoms with Crippen molar-refractivity contribution in [3.8, 4) is 51.0 Å². The lowest BCUT2D eigenvalue weighted by Crippen LogP contribution is -2.07. The molecule has 4 rings (SSSR count). The first-order chi connectivity index (χ1) is 17.3. The predicted molar refractivity (Wildman–Crippen MR) is 144 cm³/mol. The fraction of sp³-hybridized carbons (Fsp3) is 0.200. The van der Waals surface area contributed by atoms with Gasteiger partial charge in [-0.3, -0.25) is 0 Å². The fourth-order valence-electron chi connectivity index (χ4n) is 4.07. The molecule has 2 N–H and O–H groups in total. The lowest BCUT2D eigenvalue weighted by molar-refractivity contribution is 0.289. The molecule has 0 radical (unpaired) electrons. The van der Waals surface area contributed by atoms with Gasteiger partial charge < -0.3 is 29.3 Å². The summed E-state index contributed by atoms with van der Waals surface area (Å²) >= 11 is 0. The Bertz CT molecular complexity index is 1350. The number of hydrogen-bond acceptors (Lipinski definition) is 6. The number of aromatic hydroxyl groups is 2. The van der Waals surface area contributed by atoms with Crippen LogP contribution in [0.2, 0.25) is 0 Å². The van der Waals surface area contributed by atoms with Crippen molar-refractivity contribution in [2.24, 2.45) is 0 Å². The Morgan fingerprint density at radius 1 is 0.750 bits per heavy atom. The molecule has 4 aromatic rings. The zero-order valence-electron chi connectivity index (χ0n) is 21.2. The summed E-state index contributed by atoms with van der Waals surface area (Å²) in [5.41, 5.74) is 5.80. The van der Waals surface area contributed by atoms with Gasteiger partial charge in [-0.15, -0.1) is 0 Å². The molecule has 0 saturated heterocycles. The van der Waals surface area contributed by atoms with E-state index in [0.29, 0.717) is 40.5 Å². The maximum Gasteiger partial charge on any atom is 0.170 e. The minimum Gasteiger partial charge on any atom is -0.504 e. The summed E-state index contributed by atoms with van der Waals surface area (Å²) in [6.07, 6.45) is 0. The fourth-order valence-corrected chi connectivity index (χ4v) is 4.07. The van der Waals surface area contributed by atoms with Crippen LogP contribution in [-0.2, 0) is 6.61 Å². The van der Waals surface area contributed by atoms with E-state index in [9.17, 15) is 10.2 Å². The summed E-state index contributed by atoms with van der Waals surface area (Å²) in [5.74, 6) is 1.01. The van der Waals surface area contributed by atoms with E-state index < -0.39 is 0 Å². The van der Waals surface area contributed by atoms with Crippen molar-refractivity contribution in [3.63, 3.8) is 0 Å². The highest BCUT2D eigenvalue weighted by Gasteiger charge is 2.22. The number of phenolic OH excluding ortho intramolecular Hbond substituents is 2. The first kappa shape index (κ1) is 24.8. The lowest BCUT2D eigenvalue weighted by atomic mass is 9.96. The van der Waals surface area contributed by atoms with Gasteiger partial charge in [-0.25, -0.2) is 0 Å². The predicted octanol–water partition coefficient (Wildman–Crippen LogP) is 6.40. The van der Waals surface area contributed by atoms with Crippen LogP contribution >= 0.6 is 0 Å². The van der Waals surface area contributed by atoms with Crippen LogP contribution in [-0.4, -0.2) is 38.5 Å². The number of phenols is 2. The van der Waals surface area contributed by atoms with Gasteiger partial charge in [0.25, 0.3) is 0 Å². The van der Waals surface area contributed by atoms with E-state index in [4.69, 9.17) is 14.2 Å². The Morgan fingerprint density at radius 3 is 2.00 bits per heavy atom. The number of methoxy groups -OCH3 is 2. The van der Waals surface area contributed by atoms with Gasteiger partial charge in [0.05, 0.1) is 19.8 Å². The molecule has 36 heavy (non-hydrogen) atoms. The molecular weight excluding hydrogens is 454 g/mol. The third-order valence-corrected chi connectivity index (χ3v) is 6.10. The van der Waals surface area contributed by atoms with Crippen molar-refractivity contribution in [2.45, 2.75) is 13.5 Å². The van der Waals surface area contributed by atoms with E-state index in [2.05, 4.69) is 0 Å². The highest BCUT2D eigenvalue weighted by atomic mass is 16.5. The topological polar surface area (TPSA) is 71.4 Å². The minimum absolute atomic E-state index is 0.0385. The summed E-state index contributed by atoms with van der Waals surface area (Å²) in [6, 6.07) is 22.8. The second-order valence-corrected chi connectivity index (χ2v) is 8.78. The van der Waals surface area contributed by atoms with Crippen LogP contribution in [0, 0.1) is 6.92 Å². The number of hydrogen-bond donors (Lipinski definition) is 2. The Morgan fingerprint density at radius 2 is 1.42 bits per heavy atom. The Labute approximate surface area is 211 Å². The third-order valence-electron chi connectivity index (χ3n) is 6.10. The number of benzene rings is 4. The number of rotatable bonds is 8. The maximum atomic E-state index is 11.2. The summed E-state index contributed by atoms with van der Waals surface area (Å²) in [6.45, 7) is 2.36.